The van der Waals surface area contributed by atoms with Gasteiger partial charge in [0, 0.05) is 21.7 Å². The van der Waals surface area contributed by atoms with Crippen molar-refractivity contribution in [3.05, 3.63) is 34.9 Å². The van der Waals surface area contributed by atoms with Crippen molar-refractivity contribution >= 4 is 40.1 Å². The number of rotatable bonds is 2. The molecule has 1 nitrogen and oxygen atoms in total. The van der Waals surface area contributed by atoms with Crippen molar-refractivity contribution in [3.8, 4) is 0 Å². The van der Waals surface area contributed by atoms with Crippen molar-refractivity contribution < 1.29 is 0 Å². The zero-order valence-corrected chi connectivity index (χ0v) is 12.6. The van der Waals surface area contributed by atoms with Crippen LogP contribution in [0.25, 0.3) is 5.57 Å². The molecule has 1 heterocycles. The van der Waals surface area contributed by atoms with Crippen molar-refractivity contribution in [2.75, 3.05) is 5.32 Å². The van der Waals surface area contributed by atoms with Crippen LogP contribution in [0.5, 0.6) is 0 Å². The number of thiocarbonyl (C=S) groups is 1. The number of anilines is 1. The Morgan fingerprint density at radius 2 is 2.11 bits per heavy atom. The van der Waals surface area contributed by atoms with Gasteiger partial charge in [-0.15, -0.1) is 0 Å². The number of hydrogen-bond donors (Lipinski definition) is 1. The second-order valence-corrected chi connectivity index (χ2v) is 6.02. The Hall–Kier alpha value is -0.860. The molecule has 0 bridgehead atoms. The standard InChI is InChI=1S/C15H18ClNS/c1-4-5-6-12-11-9-10(16)7-8-13(11)17-14(18)15(12,2)3/h6-9H,4-5H2,1-3H3,(H,17,18)/b12-6-. The van der Waals surface area contributed by atoms with Gasteiger partial charge in [0.2, 0.25) is 0 Å². The molecule has 1 aliphatic rings. The van der Waals surface area contributed by atoms with Crippen LogP contribution in [-0.2, 0) is 0 Å². The van der Waals surface area contributed by atoms with E-state index in [4.69, 9.17) is 23.8 Å². The zero-order chi connectivity index (χ0) is 13.3. The summed E-state index contributed by atoms with van der Waals surface area (Å²) in [5.41, 5.74) is 3.38. The molecule has 1 aliphatic heterocycles. The topological polar surface area (TPSA) is 12.0 Å². The SMILES string of the molecule is CCC/C=C1/c2cc(Cl)ccc2NC(=S)C1(C)C. The molecular weight excluding hydrogens is 262 g/mol. The third kappa shape index (κ3) is 2.32. The number of halogens is 1. The molecule has 0 aromatic heterocycles. The minimum Gasteiger partial charge on any atom is -0.349 e. The number of nitrogens with one attached hydrogen (secondary N) is 1. The zero-order valence-electron chi connectivity index (χ0n) is 11.0. The molecule has 2 rings (SSSR count). The third-order valence-electron chi connectivity index (χ3n) is 3.40. The van der Waals surface area contributed by atoms with Crippen molar-refractivity contribution in [1.29, 1.82) is 0 Å². The van der Waals surface area contributed by atoms with E-state index in [1.54, 1.807) is 0 Å². The summed E-state index contributed by atoms with van der Waals surface area (Å²) >= 11 is 11.6. The number of fused-ring (bicyclic) bond motifs is 1. The maximum absolute atomic E-state index is 6.12. The van der Waals surface area contributed by atoms with Crippen molar-refractivity contribution in [2.45, 2.75) is 33.6 Å². The van der Waals surface area contributed by atoms with Gasteiger partial charge in [-0.25, -0.2) is 0 Å². The Labute approximate surface area is 119 Å². The Bertz CT molecular complexity index is 517. The molecule has 0 spiro atoms. The van der Waals surface area contributed by atoms with Crippen molar-refractivity contribution in [1.82, 2.24) is 0 Å². The first-order valence-corrected chi connectivity index (χ1v) is 7.07. The number of hydrogen-bond acceptors (Lipinski definition) is 1. The van der Waals surface area contributed by atoms with Gasteiger partial charge in [0.15, 0.2) is 0 Å². The summed E-state index contributed by atoms with van der Waals surface area (Å²) in [6, 6.07) is 5.92. The molecular formula is C15H18ClNS. The predicted molar refractivity (Wildman–Crippen MR) is 84.3 cm³/mol. The quantitative estimate of drug-likeness (QED) is 0.737. The minimum absolute atomic E-state index is 0.137. The highest BCUT2D eigenvalue weighted by Crippen LogP contribution is 2.44. The first-order valence-electron chi connectivity index (χ1n) is 6.29. The normalized spacial score (nSPS) is 19.6. The third-order valence-corrected chi connectivity index (χ3v) is 4.25. The summed E-state index contributed by atoms with van der Waals surface area (Å²) in [6.07, 6.45) is 4.49. The second kappa shape index (κ2) is 5.02. The van der Waals surface area contributed by atoms with E-state index in [2.05, 4.69) is 32.2 Å². The molecule has 96 valence electrons. The summed E-state index contributed by atoms with van der Waals surface area (Å²) in [4.78, 5) is 0.875. The fourth-order valence-corrected chi connectivity index (χ4v) is 2.63. The monoisotopic (exact) mass is 279 g/mol. The largest absolute Gasteiger partial charge is 0.349 e. The Morgan fingerprint density at radius 3 is 2.78 bits per heavy atom. The van der Waals surface area contributed by atoms with Crippen molar-refractivity contribution in [3.63, 3.8) is 0 Å². The van der Waals surface area contributed by atoms with E-state index in [-0.39, 0.29) is 5.41 Å². The molecule has 18 heavy (non-hydrogen) atoms. The molecule has 3 heteroatoms. The van der Waals surface area contributed by atoms with E-state index in [9.17, 15) is 0 Å². The lowest BCUT2D eigenvalue weighted by Crippen LogP contribution is -2.34. The van der Waals surface area contributed by atoms with Crippen LogP contribution in [-0.4, -0.2) is 4.99 Å². The van der Waals surface area contributed by atoms with Crippen molar-refractivity contribution in [2.24, 2.45) is 5.41 Å². The van der Waals surface area contributed by atoms with Crippen LogP contribution in [0.4, 0.5) is 5.69 Å². The van der Waals surface area contributed by atoms with E-state index in [0.717, 1.165) is 28.5 Å². The van der Waals surface area contributed by atoms with Gasteiger partial charge in [0.25, 0.3) is 0 Å². The lowest BCUT2D eigenvalue weighted by molar-refractivity contribution is 0.700. The molecule has 0 radical (unpaired) electrons. The van der Waals surface area contributed by atoms with Gasteiger partial charge in [0.1, 0.15) is 0 Å². The summed E-state index contributed by atoms with van der Waals surface area (Å²) in [5.74, 6) is 0. The lowest BCUT2D eigenvalue weighted by Gasteiger charge is -2.36. The smallest absolute Gasteiger partial charge is 0.0899 e. The molecule has 0 saturated carbocycles. The van der Waals surface area contributed by atoms with Crippen LogP contribution in [0.15, 0.2) is 24.3 Å². The van der Waals surface area contributed by atoms with Gasteiger partial charge < -0.3 is 5.32 Å². The predicted octanol–water partition coefficient (Wildman–Crippen LogP) is 5.30. The van der Waals surface area contributed by atoms with E-state index >= 15 is 0 Å². The maximum Gasteiger partial charge on any atom is 0.0899 e. The highest BCUT2D eigenvalue weighted by molar-refractivity contribution is 7.80. The molecule has 0 fully saturated rings. The summed E-state index contributed by atoms with van der Waals surface area (Å²) in [5, 5.41) is 4.08. The Morgan fingerprint density at radius 1 is 1.39 bits per heavy atom. The fourth-order valence-electron chi connectivity index (χ4n) is 2.24. The van der Waals surface area contributed by atoms with E-state index in [0.29, 0.717) is 0 Å². The minimum atomic E-state index is -0.137. The average molecular weight is 280 g/mol. The van der Waals surface area contributed by atoms with Crippen LogP contribution in [0.2, 0.25) is 5.02 Å². The van der Waals surface area contributed by atoms with Gasteiger partial charge in [-0.1, -0.05) is 43.2 Å². The van der Waals surface area contributed by atoms with Gasteiger partial charge >= 0.3 is 0 Å². The number of allylic oxidation sites excluding steroid dienone is 1. The van der Waals surface area contributed by atoms with Crippen LogP contribution >= 0.6 is 23.8 Å². The van der Waals surface area contributed by atoms with Gasteiger partial charge in [-0.2, -0.15) is 0 Å². The average Bonchev–Trinajstić information content (AvgIpc) is 2.31. The lowest BCUT2D eigenvalue weighted by atomic mass is 9.76. The Kier molecular flexibility index (Phi) is 3.79. The summed E-state index contributed by atoms with van der Waals surface area (Å²) in [6.45, 7) is 6.50. The first-order chi connectivity index (χ1) is 8.46. The van der Waals surface area contributed by atoms with Crippen LogP contribution in [0.3, 0.4) is 0 Å². The molecule has 0 unspecified atom stereocenters. The fraction of sp³-hybridized carbons (Fsp3) is 0.400. The molecule has 1 aromatic carbocycles. The number of benzene rings is 1. The molecule has 0 aliphatic carbocycles. The summed E-state index contributed by atoms with van der Waals surface area (Å²) < 4.78 is 0. The van der Waals surface area contributed by atoms with Crippen LogP contribution < -0.4 is 5.32 Å². The van der Waals surface area contributed by atoms with Gasteiger partial charge in [0.05, 0.1) is 4.99 Å². The first kappa shape index (κ1) is 13.6. The second-order valence-electron chi connectivity index (χ2n) is 5.18. The molecule has 1 N–H and O–H groups in total. The molecule has 0 amide bonds. The highest BCUT2D eigenvalue weighted by Gasteiger charge is 2.34. The highest BCUT2D eigenvalue weighted by atomic mass is 35.5. The maximum atomic E-state index is 6.12. The van der Waals surface area contributed by atoms with Crippen LogP contribution in [0, 0.1) is 5.41 Å². The summed E-state index contributed by atoms with van der Waals surface area (Å²) in [7, 11) is 0. The molecule has 0 atom stereocenters. The molecule has 0 saturated heterocycles. The molecule has 1 aromatic rings. The van der Waals surface area contributed by atoms with Gasteiger partial charge in [-0.05, 0) is 44.0 Å². The van der Waals surface area contributed by atoms with E-state index in [1.807, 2.05) is 18.2 Å². The van der Waals surface area contributed by atoms with E-state index in [1.165, 1.54) is 11.1 Å². The number of unbranched alkanes of at least 4 members (excludes halogenated alkanes) is 1. The van der Waals surface area contributed by atoms with Gasteiger partial charge in [-0.3, -0.25) is 0 Å². The Balaban J connectivity index is 2.59. The van der Waals surface area contributed by atoms with Crippen LogP contribution in [0.1, 0.15) is 39.2 Å². The van der Waals surface area contributed by atoms with E-state index < -0.39 is 0 Å².